The third-order valence-corrected chi connectivity index (χ3v) is 5.06. The van der Waals surface area contributed by atoms with E-state index < -0.39 is 38.8 Å². The van der Waals surface area contributed by atoms with Crippen molar-refractivity contribution < 1.29 is 21.6 Å². The average Bonchev–Trinajstić information content (AvgIpc) is 2.45. The largest absolute Gasteiger partial charge is 0.402 e. The number of benzene rings is 1. The highest BCUT2D eigenvalue weighted by Crippen LogP contribution is 2.24. The molecule has 1 aromatic carbocycles. The first kappa shape index (κ1) is 19.2. The number of aromatic nitrogens is 2. The van der Waals surface area contributed by atoms with Crippen LogP contribution in [0.2, 0.25) is 0 Å². The smallest absolute Gasteiger partial charge is 0.316 e. The summed E-state index contributed by atoms with van der Waals surface area (Å²) in [7, 11) is -4.44. The van der Waals surface area contributed by atoms with E-state index in [4.69, 9.17) is 0 Å². The Balaban J connectivity index is 2.55. The Bertz CT molecular complexity index is 993. The summed E-state index contributed by atoms with van der Waals surface area (Å²) in [5.74, 6) is -0.325. The zero-order valence-electron chi connectivity index (χ0n) is 13.3. The minimum Gasteiger partial charge on any atom is -0.316 e. The van der Waals surface area contributed by atoms with Crippen LogP contribution in [0.25, 0.3) is 11.0 Å². The van der Waals surface area contributed by atoms with E-state index >= 15 is 0 Å². The third kappa shape index (κ3) is 4.48. The molecule has 2 N–H and O–H groups in total. The summed E-state index contributed by atoms with van der Waals surface area (Å²) >= 11 is 0. The van der Waals surface area contributed by atoms with Crippen LogP contribution in [0, 0.1) is 5.92 Å². The number of halogens is 3. The fourth-order valence-corrected chi connectivity index (χ4v) is 3.87. The predicted molar refractivity (Wildman–Crippen MR) is 84.8 cm³/mol. The SMILES string of the molecule is CC(C)CN(CC(F)(F)F)S(=O)(=O)c1ccc2[nH]c(=O)c(=O)[nH]c2c1. The van der Waals surface area contributed by atoms with Crippen molar-refractivity contribution in [2.45, 2.75) is 24.9 Å². The lowest BCUT2D eigenvalue weighted by Crippen LogP contribution is -2.41. The van der Waals surface area contributed by atoms with Crippen LogP contribution in [0.4, 0.5) is 13.2 Å². The van der Waals surface area contributed by atoms with Crippen LogP contribution in [0.3, 0.4) is 0 Å². The molecule has 2 rings (SSSR count). The van der Waals surface area contributed by atoms with Crippen molar-refractivity contribution in [3.63, 3.8) is 0 Å². The van der Waals surface area contributed by atoms with Gasteiger partial charge in [0.2, 0.25) is 10.0 Å². The number of alkyl halides is 3. The minimum absolute atomic E-state index is 0.00202. The zero-order chi connectivity index (χ0) is 19.0. The van der Waals surface area contributed by atoms with Gasteiger partial charge < -0.3 is 9.97 Å². The third-order valence-electron chi connectivity index (χ3n) is 3.26. The van der Waals surface area contributed by atoms with Crippen molar-refractivity contribution in [2.75, 3.05) is 13.1 Å². The summed E-state index contributed by atoms with van der Waals surface area (Å²) in [4.78, 5) is 26.6. The predicted octanol–water partition coefficient (Wildman–Crippen LogP) is 1.43. The highest BCUT2D eigenvalue weighted by atomic mass is 32.2. The molecule has 0 aliphatic rings. The van der Waals surface area contributed by atoms with E-state index in [1.807, 2.05) is 0 Å². The molecule has 11 heteroatoms. The van der Waals surface area contributed by atoms with Crippen molar-refractivity contribution >= 4 is 21.1 Å². The van der Waals surface area contributed by atoms with Crippen molar-refractivity contribution in [1.82, 2.24) is 14.3 Å². The summed E-state index contributed by atoms with van der Waals surface area (Å²) in [5, 5.41) is 0. The minimum atomic E-state index is -4.70. The molecule has 0 saturated heterocycles. The van der Waals surface area contributed by atoms with Crippen molar-refractivity contribution in [2.24, 2.45) is 5.92 Å². The fourth-order valence-electron chi connectivity index (χ4n) is 2.26. The lowest BCUT2D eigenvalue weighted by molar-refractivity contribution is -0.136. The Morgan fingerprint density at radius 2 is 1.64 bits per heavy atom. The molecule has 138 valence electrons. The topological polar surface area (TPSA) is 103 Å². The molecular weight excluding hydrogens is 363 g/mol. The van der Waals surface area contributed by atoms with Crippen LogP contribution in [-0.2, 0) is 10.0 Å². The first-order valence-electron chi connectivity index (χ1n) is 7.23. The second-order valence-electron chi connectivity index (χ2n) is 5.92. The Kier molecular flexibility index (Phi) is 5.09. The maximum absolute atomic E-state index is 12.8. The van der Waals surface area contributed by atoms with E-state index in [1.165, 1.54) is 6.07 Å². The molecule has 0 saturated carbocycles. The lowest BCUT2D eigenvalue weighted by atomic mass is 10.2. The van der Waals surface area contributed by atoms with Crippen LogP contribution in [-0.4, -0.2) is 42.0 Å². The van der Waals surface area contributed by atoms with Gasteiger partial charge in [-0.3, -0.25) is 9.59 Å². The number of nitrogens with one attached hydrogen (secondary N) is 2. The van der Waals surface area contributed by atoms with Crippen LogP contribution < -0.4 is 11.1 Å². The highest BCUT2D eigenvalue weighted by Gasteiger charge is 2.37. The van der Waals surface area contributed by atoms with Gasteiger partial charge in [-0.15, -0.1) is 0 Å². The van der Waals surface area contributed by atoms with Gasteiger partial charge in [-0.25, -0.2) is 8.42 Å². The molecule has 0 spiro atoms. The van der Waals surface area contributed by atoms with Gasteiger partial charge in [-0.1, -0.05) is 13.8 Å². The van der Waals surface area contributed by atoms with Crippen molar-refractivity contribution in [3.05, 3.63) is 38.9 Å². The number of H-pyrrole nitrogens is 2. The van der Waals surface area contributed by atoms with Gasteiger partial charge in [-0.2, -0.15) is 17.5 Å². The molecule has 7 nitrogen and oxygen atoms in total. The fraction of sp³-hybridized carbons (Fsp3) is 0.429. The van der Waals surface area contributed by atoms with E-state index in [-0.39, 0.29) is 23.5 Å². The number of hydrogen-bond acceptors (Lipinski definition) is 4. The van der Waals surface area contributed by atoms with Gasteiger partial charge in [0.15, 0.2) is 0 Å². The summed E-state index contributed by atoms with van der Waals surface area (Å²) in [6.07, 6.45) is -4.70. The molecule has 0 aliphatic carbocycles. The summed E-state index contributed by atoms with van der Waals surface area (Å²) in [6, 6.07) is 3.31. The van der Waals surface area contributed by atoms with E-state index in [9.17, 15) is 31.2 Å². The number of aromatic amines is 2. The van der Waals surface area contributed by atoms with Gasteiger partial charge in [-0.05, 0) is 24.1 Å². The molecule has 1 heterocycles. The Morgan fingerprint density at radius 3 is 2.16 bits per heavy atom. The van der Waals surface area contributed by atoms with Crippen LogP contribution in [0.5, 0.6) is 0 Å². The van der Waals surface area contributed by atoms with Crippen LogP contribution in [0.1, 0.15) is 13.8 Å². The van der Waals surface area contributed by atoms with Gasteiger partial charge in [0.25, 0.3) is 0 Å². The lowest BCUT2D eigenvalue weighted by Gasteiger charge is -2.25. The number of hydrogen-bond donors (Lipinski definition) is 2. The van der Waals surface area contributed by atoms with E-state index in [0.717, 1.165) is 12.1 Å². The number of sulfonamides is 1. The van der Waals surface area contributed by atoms with Gasteiger partial charge in [0.1, 0.15) is 6.54 Å². The molecule has 0 fully saturated rings. The van der Waals surface area contributed by atoms with Crippen molar-refractivity contribution in [3.8, 4) is 0 Å². The second kappa shape index (κ2) is 6.64. The van der Waals surface area contributed by atoms with E-state index in [0.29, 0.717) is 4.31 Å². The Labute approximate surface area is 140 Å². The van der Waals surface area contributed by atoms with E-state index in [2.05, 4.69) is 9.97 Å². The molecule has 0 bridgehead atoms. The average molecular weight is 379 g/mol. The van der Waals surface area contributed by atoms with Crippen molar-refractivity contribution in [1.29, 1.82) is 0 Å². The molecule has 0 radical (unpaired) electrons. The molecular formula is C14H16F3N3O4S. The van der Waals surface area contributed by atoms with Gasteiger partial charge in [0.05, 0.1) is 15.9 Å². The molecule has 0 unspecified atom stereocenters. The molecule has 2 aromatic rings. The second-order valence-corrected chi connectivity index (χ2v) is 7.86. The molecule has 0 aliphatic heterocycles. The maximum atomic E-state index is 12.8. The summed E-state index contributed by atoms with van der Waals surface area (Å²) < 4.78 is 63.8. The molecule has 1 aromatic heterocycles. The van der Waals surface area contributed by atoms with Crippen LogP contribution >= 0.6 is 0 Å². The summed E-state index contributed by atoms with van der Waals surface area (Å²) in [6.45, 7) is 1.26. The standard InChI is InChI=1S/C14H16F3N3O4S/c1-8(2)6-20(7-14(15,16)17)25(23,24)9-3-4-10-11(5-9)19-13(22)12(21)18-10/h3-5,8H,6-7H2,1-2H3,(H,18,21)(H,19,22). The molecule has 0 amide bonds. The van der Waals surface area contributed by atoms with Crippen LogP contribution in [0.15, 0.2) is 32.7 Å². The normalized spacial score (nSPS) is 13.1. The molecule has 0 atom stereocenters. The van der Waals surface area contributed by atoms with Gasteiger partial charge in [0, 0.05) is 6.54 Å². The Hall–Kier alpha value is -2.14. The summed E-state index contributed by atoms with van der Waals surface area (Å²) in [5.41, 5.74) is -1.74. The zero-order valence-corrected chi connectivity index (χ0v) is 14.2. The molecule has 25 heavy (non-hydrogen) atoms. The number of fused-ring (bicyclic) bond motifs is 1. The first-order chi connectivity index (χ1) is 11.4. The Morgan fingerprint density at radius 1 is 1.08 bits per heavy atom. The maximum Gasteiger partial charge on any atom is 0.402 e. The monoisotopic (exact) mass is 379 g/mol. The number of rotatable bonds is 5. The quantitative estimate of drug-likeness (QED) is 0.767. The first-order valence-corrected chi connectivity index (χ1v) is 8.67. The van der Waals surface area contributed by atoms with Gasteiger partial charge >= 0.3 is 17.3 Å². The highest BCUT2D eigenvalue weighted by molar-refractivity contribution is 7.89. The number of nitrogens with zero attached hydrogens (tertiary/aromatic N) is 1. The van der Waals surface area contributed by atoms with E-state index in [1.54, 1.807) is 13.8 Å².